The van der Waals surface area contributed by atoms with Crippen LogP contribution in [0.3, 0.4) is 0 Å². The molecule has 0 aliphatic carbocycles. The van der Waals surface area contributed by atoms with Crippen molar-refractivity contribution in [3.05, 3.63) is 36.0 Å². The number of anilines is 1. The molecule has 3 N–H and O–H groups in total. The fourth-order valence-electron chi connectivity index (χ4n) is 2.22. The largest absolute Gasteiger partial charge is 0.389 e. The van der Waals surface area contributed by atoms with Gasteiger partial charge in [-0.25, -0.2) is 0 Å². The van der Waals surface area contributed by atoms with Gasteiger partial charge in [0, 0.05) is 38.6 Å². The first-order chi connectivity index (χ1) is 10.0. The number of pyridine rings is 1. The topological polar surface area (TPSA) is 71.2 Å². The summed E-state index contributed by atoms with van der Waals surface area (Å²) in [5, 5.41) is 3.59. The number of aromatic nitrogens is 1. The van der Waals surface area contributed by atoms with Crippen molar-refractivity contribution in [3.8, 4) is 0 Å². The molecule has 1 heterocycles. The SMILES string of the molecule is CNC(=O)CCN(C)c1c(C(N)=S)cnc2ccccc12. The van der Waals surface area contributed by atoms with Gasteiger partial charge >= 0.3 is 0 Å². The number of fused-ring (bicyclic) bond motifs is 1. The Labute approximate surface area is 129 Å². The molecule has 0 unspecified atom stereocenters. The molecule has 0 radical (unpaired) electrons. The number of carbonyl (C=O) groups is 1. The molecule has 5 nitrogen and oxygen atoms in total. The zero-order valence-corrected chi connectivity index (χ0v) is 12.9. The molecule has 1 aromatic carbocycles. The summed E-state index contributed by atoms with van der Waals surface area (Å²) in [6.07, 6.45) is 2.09. The summed E-state index contributed by atoms with van der Waals surface area (Å²) in [6.45, 7) is 0.573. The molecule has 2 rings (SSSR count). The number of carbonyl (C=O) groups excluding carboxylic acids is 1. The molecule has 110 valence electrons. The molecule has 21 heavy (non-hydrogen) atoms. The lowest BCUT2D eigenvalue weighted by molar-refractivity contribution is -0.120. The van der Waals surface area contributed by atoms with Crippen molar-refractivity contribution >= 4 is 39.7 Å². The molecule has 0 aliphatic rings. The van der Waals surface area contributed by atoms with Crippen LogP contribution in [-0.4, -0.2) is 36.5 Å². The van der Waals surface area contributed by atoms with Crippen LogP contribution in [0, 0.1) is 0 Å². The van der Waals surface area contributed by atoms with Gasteiger partial charge in [-0.15, -0.1) is 0 Å². The Morgan fingerprint density at radius 2 is 2.14 bits per heavy atom. The second-order valence-electron chi connectivity index (χ2n) is 4.75. The minimum atomic E-state index is -0.00270. The van der Waals surface area contributed by atoms with Crippen LogP contribution in [0.1, 0.15) is 12.0 Å². The van der Waals surface area contributed by atoms with Crippen LogP contribution in [0.4, 0.5) is 5.69 Å². The zero-order valence-electron chi connectivity index (χ0n) is 12.1. The van der Waals surface area contributed by atoms with Crippen LogP contribution in [0.2, 0.25) is 0 Å². The lowest BCUT2D eigenvalue weighted by Crippen LogP contribution is -2.28. The number of para-hydroxylation sites is 1. The lowest BCUT2D eigenvalue weighted by atomic mass is 10.1. The first kappa shape index (κ1) is 15.2. The van der Waals surface area contributed by atoms with E-state index in [0.717, 1.165) is 22.2 Å². The standard InChI is InChI=1S/C15H18N4OS/c1-17-13(20)7-8-19(2)14-10-5-3-4-6-12(10)18-9-11(14)15(16)21/h3-6,9H,7-8H2,1-2H3,(H2,16,21)(H,17,20). The van der Waals surface area contributed by atoms with Gasteiger partial charge in [-0.3, -0.25) is 9.78 Å². The highest BCUT2D eigenvalue weighted by atomic mass is 32.1. The number of amides is 1. The number of nitrogens with one attached hydrogen (secondary N) is 1. The third kappa shape index (κ3) is 3.28. The molecule has 0 saturated heterocycles. The fraction of sp³-hybridized carbons (Fsp3) is 0.267. The summed E-state index contributed by atoms with van der Waals surface area (Å²) in [5.74, 6) is -0.00270. The molecule has 0 aliphatic heterocycles. The van der Waals surface area contributed by atoms with E-state index in [1.165, 1.54) is 0 Å². The zero-order chi connectivity index (χ0) is 15.4. The minimum absolute atomic E-state index is 0.00270. The van der Waals surface area contributed by atoms with E-state index >= 15 is 0 Å². The Morgan fingerprint density at radius 1 is 1.43 bits per heavy atom. The number of benzene rings is 1. The molecule has 1 amide bonds. The van der Waals surface area contributed by atoms with E-state index in [1.807, 2.05) is 36.2 Å². The average molecular weight is 302 g/mol. The van der Waals surface area contributed by atoms with E-state index in [4.69, 9.17) is 18.0 Å². The van der Waals surface area contributed by atoms with Gasteiger partial charge in [0.25, 0.3) is 0 Å². The maximum Gasteiger partial charge on any atom is 0.221 e. The van der Waals surface area contributed by atoms with Gasteiger partial charge in [-0.05, 0) is 6.07 Å². The van der Waals surface area contributed by atoms with Crippen molar-refractivity contribution in [2.45, 2.75) is 6.42 Å². The van der Waals surface area contributed by atoms with Gasteiger partial charge in [0.15, 0.2) is 0 Å². The Bertz CT molecular complexity index is 686. The average Bonchev–Trinajstić information content (AvgIpc) is 2.50. The van der Waals surface area contributed by atoms with Crippen molar-refractivity contribution in [2.75, 3.05) is 25.5 Å². The van der Waals surface area contributed by atoms with Crippen molar-refractivity contribution < 1.29 is 4.79 Å². The van der Waals surface area contributed by atoms with Crippen LogP contribution in [0.15, 0.2) is 30.5 Å². The monoisotopic (exact) mass is 302 g/mol. The van der Waals surface area contributed by atoms with Gasteiger partial charge in [0.2, 0.25) is 5.91 Å². The second kappa shape index (κ2) is 6.49. The summed E-state index contributed by atoms with van der Waals surface area (Å²) in [7, 11) is 3.55. The van der Waals surface area contributed by atoms with Crippen molar-refractivity contribution in [1.82, 2.24) is 10.3 Å². The van der Waals surface area contributed by atoms with Crippen LogP contribution in [0.5, 0.6) is 0 Å². The van der Waals surface area contributed by atoms with Crippen LogP contribution in [0.25, 0.3) is 10.9 Å². The maximum atomic E-state index is 11.4. The molecule has 0 fully saturated rings. The second-order valence-corrected chi connectivity index (χ2v) is 5.19. The first-order valence-corrected chi connectivity index (χ1v) is 7.04. The molecule has 0 spiro atoms. The summed E-state index contributed by atoms with van der Waals surface area (Å²) >= 11 is 5.12. The van der Waals surface area contributed by atoms with Crippen LogP contribution >= 0.6 is 12.2 Å². The quantitative estimate of drug-likeness (QED) is 0.818. The first-order valence-electron chi connectivity index (χ1n) is 6.64. The van der Waals surface area contributed by atoms with Gasteiger partial charge in [-0.1, -0.05) is 30.4 Å². The third-order valence-corrected chi connectivity index (χ3v) is 3.57. The Balaban J connectivity index is 2.45. The molecule has 1 aromatic heterocycles. The van der Waals surface area contributed by atoms with Crippen molar-refractivity contribution in [1.29, 1.82) is 0 Å². The molecule has 6 heteroatoms. The number of hydrogen-bond donors (Lipinski definition) is 2. The van der Waals surface area contributed by atoms with Gasteiger partial charge in [0.05, 0.1) is 16.8 Å². The molecule has 0 atom stereocenters. The van der Waals surface area contributed by atoms with Crippen molar-refractivity contribution in [3.63, 3.8) is 0 Å². The molecule has 0 saturated carbocycles. The highest BCUT2D eigenvalue weighted by Crippen LogP contribution is 2.28. The molecule has 2 aromatic rings. The number of nitrogens with two attached hydrogens (primary N) is 1. The van der Waals surface area contributed by atoms with E-state index in [-0.39, 0.29) is 5.91 Å². The summed E-state index contributed by atoms with van der Waals surface area (Å²) in [5.41, 5.74) is 8.32. The predicted octanol–water partition coefficient (Wildman–Crippen LogP) is 1.44. The van der Waals surface area contributed by atoms with Crippen LogP contribution < -0.4 is 16.0 Å². The number of hydrogen-bond acceptors (Lipinski definition) is 4. The van der Waals surface area contributed by atoms with Gasteiger partial charge in [-0.2, -0.15) is 0 Å². The van der Waals surface area contributed by atoms with E-state index in [1.54, 1.807) is 13.2 Å². The highest BCUT2D eigenvalue weighted by Gasteiger charge is 2.15. The van der Waals surface area contributed by atoms with E-state index in [9.17, 15) is 4.79 Å². The summed E-state index contributed by atoms with van der Waals surface area (Å²) in [6, 6.07) is 7.80. The Hall–Kier alpha value is -2.21. The van der Waals surface area contributed by atoms with Crippen molar-refractivity contribution in [2.24, 2.45) is 5.73 Å². The molecular formula is C15H18N4OS. The van der Waals surface area contributed by atoms with Crippen LogP contribution in [-0.2, 0) is 4.79 Å². The van der Waals surface area contributed by atoms with Gasteiger partial charge in [0.1, 0.15) is 4.99 Å². The maximum absolute atomic E-state index is 11.4. The normalized spacial score (nSPS) is 10.4. The van der Waals surface area contributed by atoms with E-state index in [2.05, 4.69) is 10.3 Å². The van der Waals surface area contributed by atoms with Gasteiger partial charge < -0.3 is 16.0 Å². The number of nitrogens with zero attached hydrogens (tertiary/aromatic N) is 2. The highest BCUT2D eigenvalue weighted by molar-refractivity contribution is 7.80. The Kier molecular flexibility index (Phi) is 4.70. The smallest absolute Gasteiger partial charge is 0.221 e. The number of thiocarbonyl (C=S) groups is 1. The summed E-state index contributed by atoms with van der Waals surface area (Å²) < 4.78 is 0. The van der Waals surface area contributed by atoms with E-state index < -0.39 is 0 Å². The van der Waals surface area contributed by atoms with E-state index in [0.29, 0.717) is 18.0 Å². The number of rotatable bonds is 5. The lowest BCUT2D eigenvalue weighted by Gasteiger charge is -2.23. The third-order valence-electron chi connectivity index (χ3n) is 3.35. The summed E-state index contributed by atoms with van der Waals surface area (Å²) in [4.78, 5) is 18.1. The Morgan fingerprint density at radius 3 is 2.81 bits per heavy atom. The predicted molar refractivity (Wildman–Crippen MR) is 89.6 cm³/mol. The molecule has 0 bridgehead atoms. The molecular weight excluding hydrogens is 284 g/mol. The fourth-order valence-corrected chi connectivity index (χ4v) is 2.37. The minimum Gasteiger partial charge on any atom is -0.389 e.